The average Bonchev–Trinajstić information content (AvgIpc) is 1.88. The van der Waals surface area contributed by atoms with Crippen molar-refractivity contribution in [3.05, 3.63) is 12.8 Å². The quantitative estimate of drug-likeness (QED) is 0.577. The van der Waals surface area contributed by atoms with Gasteiger partial charge in [-0.1, -0.05) is 6.58 Å². The van der Waals surface area contributed by atoms with Crippen molar-refractivity contribution in [3.63, 3.8) is 0 Å². The molecule has 10 heavy (non-hydrogen) atoms. The molecule has 2 nitrogen and oxygen atoms in total. The van der Waals surface area contributed by atoms with Crippen LogP contribution in [-0.4, -0.2) is 31.1 Å². The van der Waals surface area contributed by atoms with Crippen molar-refractivity contribution in [1.29, 1.82) is 0 Å². The molecule has 0 saturated carbocycles. The number of likely N-dealkylation sites (N-methyl/N-ethyl adjacent to an activating group) is 1. The monoisotopic (exact) mass is 142 g/mol. The largest absolute Gasteiger partial charge is 0.390 e. The summed E-state index contributed by atoms with van der Waals surface area (Å²) in [7, 11) is 2.12. The zero-order chi connectivity index (χ0) is 7.98. The fraction of sp³-hybridized carbons (Fsp3) is 0.750. The maximum atomic E-state index is 3.57. The second-order valence-corrected chi connectivity index (χ2v) is 2.73. The molecular weight excluding hydrogens is 124 g/mol. The van der Waals surface area contributed by atoms with Crippen LogP contribution < -0.4 is 5.32 Å². The van der Waals surface area contributed by atoms with Crippen LogP contribution in [0.3, 0.4) is 0 Å². The number of nitrogens with one attached hydrogen (secondary N) is 1. The molecule has 0 bridgehead atoms. The van der Waals surface area contributed by atoms with E-state index in [1.807, 2.05) is 0 Å². The summed E-state index contributed by atoms with van der Waals surface area (Å²) in [6, 6.07) is 0.631. The Bertz CT molecular complexity index is 89.3. The fourth-order valence-electron chi connectivity index (χ4n) is 0.601. The molecule has 0 saturated heterocycles. The minimum Gasteiger partial charge on any atom is -0.390 e. The van der Waals surface area contributed by atoms with Crippen molar-refractivity contribution in [2.24, 2.45) is 0 Å². The molecule has 60 valence electrons. The van der Waals surface area contributed by atoms with Gasteiger partial charge in [-0.05, 0) is 27.1 Å². The molecule has 2 heteroatoms. The van der Waals surface area contributed by atoms with Gasteiger partial charge in [-0.3, -0.25) is 0 Å². The smallest absolute Gasteiger partial charge is 0.0269 e. The molecule has 0 aromatic carbocycles. The van der Waals surface area contributed by atoms with Gasteiger partial charge in [-0.2, -0.15) is 0 Å². The molecule has 0 aromatic rings. The zero-order valence-corrected chi connectivity index (χ0v) is 7.22. The normalized spacial score (nSPS) is 10.5. The Hall–Kier alpha value is -0.500. The van der Waals surface area contributed by atoms with E-state index in [0.29, 0.717) is 6.04 Å². The van der Waals surface area contributed by atoms with Crippen molar-refractivity contribution in [2.45, 2.75) is 19.9 Å². The molecule has 0 aliphatic carbocycles. The minimum absolute atomic E-state index is 0.631. The first-order valence-electron chi connectivity index (χ1n) is 3.73. The van der Waals surface area contributed by atoms with E-state index < -0.39 is 0 Å². The molecule has 0 aliphatic heterocycles. The number of hydrogen-bond acceptors (Lipinski definition) is 2. The van der Waals surface area contributed by atoms with Gasteiger partial charge in [0, 0.05) is 19.1 Å². The first-order valence-corrected chi connectivity index (χ1v) is 3.73. The van der Waals surface area contributed by atoms with E-state index in [2.05, 4.69) is 37.7 Å². The molecule has 0 radical (unpaired) electrons. The van der Waals surface area contributed by atoms with E-state index in [9.17, 15) is 0 Å². The van der Waals surface area contributed by atoms with Crippen molar-refractivity contribution in [3.8, 4) is 0 Å². The van der Waals surface area contributed by atoms with E-state index in [1.165, 1.54) is 0 Å². The molecule has 0 amide bonds. The molecular formula is C8H18N2. The lowest BCUT2D eigenvalue weighted by Gasteiger charge is -2.20. The van der Waals surface area contributed by atoms with Crippen molar-refractivity contribution in [2.75, 3.05) is 20.1 Å². The first kappa shape index (κ1) is 9.50. The summed E-state index contributed by atoms with van der Waals surface area (Å²) in [6.07, 6.45) is 1.73. The van der Waals surface area contributed by atoms with Gasteiger partial charge in [0.25, 0.3) is 0 Å². The Morgan fingerprint density at radius 2 is 2.20 bits per heavy atom. The topological polar surface area (TPSA) is 15.3 Å². The van der Waals surface area contributed by atoms with E-state index in [-0.39, 0.29) is 0 Å². The molecule has 0 unspecified atom stereocenters. The fourth-order valence-corrected chi connectivity index (χ4v) is 0.601. The zero-order valence-electron chi connectivity index (χ0n) is 7.22. The van der Waals surface area contributed by atoms with Gasteiger partial charge >= 0.3 is 0 Å². The summed E-state index contributed by atoms with van der Waals surface area (Å²) in [6.45, 7) is 10.0. The molecule has 0 aliphatic rings. The second kappa shape index (κ2) is 5.30. The highest BCUT2D eigenvalue weighted by atomic mass is 15.1. The lowest BCUT2D eigenvalue weighted by Crippen LogP contribution is -2.32. The Kier molecular flexibility index (Phi) is 5.03. The molecule has 0 aromatic heterocycles. The van der Waals surface area contributed by atoms with Crippen LogP contribution in [0.5, 0.6) is 0 Å². The standard InChI is InChI=1S/C8H18N2/c1-5-9-6-7-10(4)8(2)3/h5,8-9H,1,6-7H2,2-4H3. The first-order chi connectivity index (χ1) is 4.68. The third-order valence-electron chi connectivity index (χ3n) is 1.63. The summed E-state index contributed by atoms with van der Waals surface area (Å²) >= 11 is 0. The summed E-state index contributed by atoms with van der Waals surface area (Å²) in [5.41, 5.74) is 0. The van der Waals surface area contributed by atoms with Crippen LogP contribution in [0.15, 0.2) is 12.8 Å². The minimum atomic E-state index is 0.631. The lowest BCUT2D eigenvalue weighted by atomic mass is 10.3. The van der Waals surface area contributed by atoms with Crippen LogP contribution in [0.1, 0.15) is 13.8 Å². The molecule has 0 fully saturated rings. The van der Waals surface area contributed by atoms with Gasteiger partial charge in [0.05, 0.1) is 0 Å². The average molecular weight is 142 g/mol. The number of nitrogens with zero attached hydrogens (tertiary/aromatic N) is 1. The molecule has 1 N–H and O–H groups in total. The number of hydrogen-bond donors (Lipinski definition) is 1. The van der Waals surface area contributed by atoms with E-state index in [0.717, 1.165) is 13.1 Å². The van der Waals surface area contributed by atoms with Crippen molar-refractivity contribution in [1.82, 2.24) is 10.2 Å². The number of rotatable bonds is 5. The van der Waals surface area contributed by atoms with E-state index >= 15 is 0 Å². The third kappa shape index (κ3) is 4.39. The van der Waals surface area contributed by atoms with Crippen LogP contribution in [0, 0.1) is 0 Å². The van der Waals surface area contributed by atoms with Gasteiger partial charge in [0.2, 0.25) is 0 Å². The predicted molar refractivity (Wildman–Crippen MR) is 46.0 cm³/mol. The van der Waals surface area contributed by atoms with Crippen LogP contribution in [-0.2, 0) is 0 Å². The Morgan fingerprint density at radius 3 is 2.60 bits per heavy atom. The van der Waals surface area contributed by atoms with Gasteiger partial charge < -0.3 is 10.2 Å². The van der Waals surface area contributed by atoms with Crippen molar-refractivity contribution >= 4 is 0 Å². The van der Waals surface area contributed by atoms with Crippen LogP contribution in [0.2, 0.25) is 0 Å². The van der Waals surface area contributed by atoms with Crippen LogP contribution in [0.25, 0.3) is 0 Å². The maximum Gasteiger partial charge on any atom is 0.0269 e. The summed E-state index contributed by atoms with van der Waals surface area (Å²) in [5, 5.41) is 3.06. The summed E-state index contributed by atoms with van der Waals surface area (Å²) in [5.74, 6) is 0. The van der Waals surface area contributed by atoms with E-state index in [1.54, 1.807) is 6.20 Å². The molecule has 0 spiro atoms. The molecule has 0 rings (SSSR count). The second-order valence-electron chi connectivity index (χ2n) is 2.73. The Labute approximate surface area is 63.9 Å². The van der Waals surface area contributed by atoms with Crippen molar-refractivity contribution < 1.29 is 0 Å². The molecule has 0 atom stereocenters. The summed E-state index contributed by atoms with van der Waals surface area (Å²) in [4.78, 5) is 2.29. The SMILES string of the molecule is C=CNCCN(C)C(C)C. The summed E-state index contributed by atoms with van der Waals surface area (Å²) < 4.78 is 0. The van der Waals surface area contributed by atoms with E-state index in [4.69, 9.17) is 0 Å². The third-order valence-corrected chi connectivity index (χ3v) is 1.63. The predicted octanol–water partition coefficient (Wildman–Crippen LogP) is 1.06. The maximum absolute atomic E-state index is 3.57. The van der Waals surface area contributed by atoms with Gasteiger partial charge in [-0.15, -0.1) is 0 Å². The van der Waals surface area contributed by atoms with Gasteiger partial charge in [0.15, 0.2) is 0 Å². The van der Waals surface area contributed by atoms with Gasteiger partial charge in [0.1, 0.15) is 0 Å². The Balaban J connectivity index is 3.21. The highest BCUT2D eigenvalue weighted by molar-refractivity contribution is 4.65. The van der Waals surface area contributed by atoms with Crippen LogP contribution in [0.4, 0.5) is 0 Å². The Morgan fingerprint density at radius 1 is 1.60 bits per heavy atom. The highest BCUT2D eigenvalue weighted by Crippen LogP contribution is 1.90. The van der Waals surface area contributed by atoms with Crippen LogP contribution >= 0.6 is 0 Å². The highest BCUT2D eigenvalue weighted by Gasteiger charge is 1.99. The van der Waals surface area contributed by atoms with Gasteiger partial charge in [-0.25, -0.2) is 0 Å². The lowest BCUT2D eigenvalue weighted by molar-refractivity contribution is 0.277. The molecule has 0 heterocycles.